The molecule has 1 heterocycles. The zero-order valence-electron chi connectivity index (χ0n) is 12.1. The standard InChI is InChI=1S/C16H26N2/c1-5-18(15-8-6-12(2)7-9-15)16-10-13(3)17-14(4)11-16/h6-9,13-14,16-17H,5,10-11H2,1-4H3. The van der Waals surface area contributed by atoms with Gasteiger partial charge in [-0.3, -0.25) is 0 Å². The van der Waals surface area contributed by atoms with Gasteiger partial charge in [0, 0.05) is 30.4 Å². The minimum atomic E-state index is 0.623. The Bertz CT molecular complexity index is 361. The van der Waals surface area contributed by atoms with Crippen LogP contribution in [0.5, 0.6) is 0 Å². The third-order valence-electron chi connectivity index (χ3n) is 3.97. The fourth-order valence-corrected chi connectivity index (χ4v) is 3.18. The van der Waals surface area contributed by atoms with E-state index in [0.29, 0.717) is 18.1 Å². The Morgan fingerprint density at radius 3 is 2.17 bits per heavy atom. The molecule has 2 nitrogen and oxygen atoms in total. The maximum Gasteiger partial charge on any atom is 0.0368 e. The van der Waals surface area contributed by atoms with E-state index >= 15 is 0 Å². The van der Waals surface area contributed by atoms with Gasteiger partial charge in [0.1, 0.15) is 0 Å². The van der Waals surface area contributed by atoms with Crippen LogP contribution >= 0.6 is 0 Å². The quantitative estimate of drug-likeness (QED) is 0.880. The first-order valence-corrected chi connectivity index (χ1v) is 7.19. The largest absolute Gasteiger partial charge is 0.369 e. The molecule has 2 rings (SSSR count). The Labute approximate surface area is 111 Å². The summed E-state index contributed by atoms with van der Waals surface area (Å²) in [4.78, 5) is 2.56. The van der Waals surface area contributed by atoms with E-state index in [0.717, 1.165) is 6.54 Å². The zero-order chi connectivity index (χ0) is 13.1. The predicted molar refractivity (Wildman–Crippen MR) is 79.3 cm³/mol. The third-order valence-corrected chi connectivity index (χ3v) is 3.97. The highest BCUT2D eigenvalue weighted by Gasteiger charge is 2.27. The highest BCUT2D eigenvalue weighted by atomic mass is 15.2. The summed E-state index contributed by atoms with van der Waals surface area (Å²) in [5.41, 5.74) is 2.70. The molecule has 0 bridgehead atoms. The van der Waals surface area contributed by atoms with Crippen LogP contribution in [-0.2, 0) is 0 Å². The molecule has 0 saturated carbocycles. The van der Waals surface area contributed by atoms with Crippen LogP contribution in [0.2, 0.25) is 0 Å². The average Bonchev–Trinajstić information content (AvgIpc) is 2.31. The van der Waals surface area contributed by atoms with Crippen LogP contribution in [-0.4, -0.2) is 24.7 Å². The van der Waals surface area contributed by atoms with E-state index in [9.17, 15) is 0 Å². The topological polar surface area (TPSA) is 15.3 Å². The molecule has 2 unspecified atom stereocenters. The molecule has 18 heavy (non-hydrogen) atoms. The van der Waals surface area contributed by atoms with Crippen LogP contribution in [0.1, 0.15) is 39.2 Å². The first-order valence-electron chi connectivity index (χ1n) is 7.19. The average molecular weight is 246 g/mol. The molecule has 0 spiro atoms. The van der Waals surface area contributed by atoms with Gasteiger partial charge < -0.3 is 10.2 Å². The Morgan fingerprint density at radius 1 is 1.11 bits per heavy atom. The van der Waals surface area contributed by atoms with Crippen LogP contribution in [0.15, 0.2) is 24.3 Å². The maximum absolute atomic E-state index is 3.62. The summed E-state index contributed by atoms with van der Waals surface area (Å²) >= 11 is 0. The van der Waals surface area contributed by atoms with E-state index in [1.54, 1.807) is 0 Å². The highest BCUT2D eigenvalue weighted by molar-refractivity contribution is 5.48. The second-order valence-electron chi connectivity index (χ2n) is 5.72. The van der Waals surface area contributed by atoms with Gasteiger partial charge >= 0.3 is 0 Å². The second kappa shape index (κ2) is 5.75. The number of benzene rings is 1. The summed E-state index contributed by atoms with van der Waals surface area (Å²) in [5.74, 6) is 0. The van der Waals surface area contributed by atoms with E-state index in [2.05, 4.69) is 62.2 Å². The van der Waals surface area contributed by atoms with Crippen molar-refractivity contribution in [3.8, 4) is 0 Å². The Hall–Kier alpha value is -1.02. The van der Waals surface area contributed by atoms with Crippen molar-refractivity contribution in [2.24, 2.45) is 0 Å². The van der Waals surface area contributed by atoms with E-state index in [1.165, 1.54) is 24.1 Å². The van der Waals surface area contributed by atoms with Crippen LogP contribution < -0.4 is 10.2 Å². The van der Waals surface area contributed by atoms with Crippen LogP contribution in [0.3, 0.4) is 0 Å². The zero-order valence-corrected chi connectivity index (χ0v) is 12.1. The summed E-state index contributed by atoms with van der Waals surface area (Å²) in [7, 11) is 0. The van der Waals surface area contributed by atoms with Crippen molar-refractivity contribution in [2.75, 3.05) is 11.4 Å². The number of piperidine rings is 1. The molecular formula is C16H26N2. The van der Waals surface area contributed by atoms with E-state index in [-0.39, 0.29) is 0 Å². The Kier molecular flexibility index (Phi) is 4.28. The number of aryl methyl sites for hydroxylation is 1. The second-order valence-corrected chi connectivity index (χ2v) is 5.72. The summed E-state index contributed by atoms with van der Waals surface area (Å²) in [6, 6.07) is 10.9. The number of hydrogen-bond acceptors (Lipinski definition) is 2. The molecular weight excluding hydrogens is 220 g/mol. The molecule has 2 atom stereocenters. The van der Waals surface area contributed by atoms with Gasteiger partial charge in [0.25, 0.3) is 0 Å². The van der Waals surface area contributed by atoms with Crippen LogP contribution in [0, 0.1) is 6.92 Å². The van der Waals surface area contributed by atoms with Crippen molar-refractivity contribution in [3.63, 3.8) is 0 Å². The monoisotopic (exact) mass is 246 g/mol. The van der Waals surface area contributed by atoms with Gasteiger partial charge in [-0.1, -0.05) is 17.7 Å². The van der Waals surface area contributed by atoms with Crippen molar-refractivity contribution < 1.29 is 0 Å². The van der Waals surface area contributed by atoms with Gasteiger partial charge in [-0.25, -0.2) is 0 Å². The van der Waals surface area contributed by atoms with Gasteiger partial charge in [0.2, 0.25) is 0 Å². The molecule has 1 N–H and O–H groups in total. The molecule has 100 valence electrons. The summed E-state index contributed by atoms with van der Waals surface area (Å²) in [6.45, 7) is 10.1. The molecule has 2 heteroatoms. The molecule has 1 saturated heterocycles. The lowest BCUT2D eigenvalue weighted by atomic mass is 9.93. The van der Waals surface area contributed by atoms with Crippen molar-refractivity contribution in [2.45, 2.75) is 58.7 Å². The predicted octanol–water partition coefficient (Wildman–Crippen LogP) is 3.35. The first-order chi connectivity index (χ1) is 8.60. The van der Waals surface area contributed by atoms with E-state index in [1.807, 2.05) is 0 Å². The van der Waals surface area contributed by atoms with Crippen molar-refractivity contribution in [1.29, 1.82) is 0 Å². The Morgan fingerprint density at radius 2 is 1.67 bits per heavy atom. The normalized spacial score (nSPS) is 28.1. The van der Waals surface area contributed by atoms with E-state index in [4.69, 9.17) is 0 Å². The molecule has 1 aliphatic rings. The summed E-state index contributed by atoms with van der Waals surface area (Å²) < 4.78 is 0. The van der Waals surface area contributed by atoms with Crippen molar-refractivity contribution in [3.05, 3.63) is 29.8 Å². The maximum atomic E-state index is 3.62. The molecule has 1 aromatic carbocycles. The van der Waals surface area contributed by atoms with Gasteiger partial charge in [0.05, 0.1) is 0 Å². The lowest BCUT2D eigenvalue weighted by molar-refractivity contribution is 0.307. The number of hydrogen-bond donors (Lipinski definition) is 1. The Balaban J connectivity index is 2.14. The van der Waals surface area contributed by atoms with Crippen LogP contribution in [0.25, 0.3) is 0 Å². The molecule has 1 aromatic rings. The molecule has 1 aliphatic heterocycles. The van der Waals surface area contributed by atoms with Crippen molar-refractivity contribution >= 4 is 5.69 Å². The molecule has 1 fully saturated rings. The minimum absolute atomic E-state index is 0.623. The van der Waals surface area contributed by atoms with Crippen LogP contribution in [0.4, 0.5) is 5.69 Å². The number of nitrogens with one attached hydrogen (secondary N) is 1. The molecule has 0 amide bonds. The van der Waals surface area contributed by atoms with Crippen molar-refractivity contribution in [1.82, 2.24) is 5.32 Å². The smallest absolute Gasteiger partial charge is 0.0368 e. The summed E-state index contributed by atoms with van der Waals surface area (Å²) in [6.07, 6.45) is 2.48. The van der Waals surface area contributed by atoms with Gasteiger partial charge in [-0.05, 0) is 52.7 Å². The first kappa shape index (κ1) is 13.4. The third kappa shape index (κ3) is 3.05. The number of rotatable bonds is 3. The SMILES string of the molecule is CCN(c1ccc(C)cc1)C1CC(C)NC(C)C1. The fourth-order valence-electron chi connectivity index (χ4n) is 3.18. The highest BCUT2D eigenvalue weighted by Crippen LogP contribution is 2.25. The lowest BCUT2D eigenvalue weighted by Gasteiger charge is -2.40. The minimum Gasteiger partial charge on any atom is -0.369 e. The number of anilines is 1. The van der Waals surface area contributed by atoms with E-state index < -0.39 is 0 Å². The van der Waals surface area contributed by atoms with Gasteiger partial charge in [-0.15, -0.1) is 0 Å². The lowest BCUT2D eigenvalue weighted by Crippen LogP contribution is -2.50. The molecule has 0 aromatic heterocycles. The molecule has 0 radical (unpaired) electrons. The molecule has 0 aliphatic carbocycles. The van der Waals surface area contributed by atoms with Gasteiger partial charge in [0.15, 0.2) is 0 Å². The van der Waals surface area contributed by atoms with Gasteiger partial charge in [-0.2, -0.15) is 0 Å². The fraction of sp³-hybridized carbons (Fsp3) is 0.625. The summed E-state index contributed by atoms with van der Waals surface area (Å²) in [5, 5.41) is 3.62. The number of nitrogens with zero attached hydrogens (tertiary/aromatic N) is 1.